The normalized spacial score (nSPS) is 15.7. The monoisotopic (exact) mass is 527 g/mol. The Balaban J connectivity index is 1.30. The van der Waals surface area contributed by atoms with E-state index < -0.39 is 5.91 Å². The Morgan fingerprint density at radius 1 is 1.03 bits per heavy atom. The number of hydrazone groups is 1. The summed E-state index contributed by atoms with van der Waals surface area (Å²) >= 11 is 1.23. The lowest BCUT2D eigenvalue weighted by atomic mass is 10.1. The molecule has 9 nitrogen and oxygen atoms in total. The number of nitrogens with one attached hydrogen (secondary N) is 1. The van der Waals surface area contributed by atoms with Crippen LogP contribution in [0.4, 0.5) is 0 Å². The fourth-order valence-corrected chi connectivity index (χ4v) is 4.66. The van der Waals surface area contributed by atoms with Crippen LogP contribution in [0.1, 0.15) is 23.6 Å². The van der Waals surface area contributed by atoms with Gasteiger partial charge < -0.3 is 14.2 Å². The number of ether oxygens (including phenoxy) is 3. The van der Waals surface area contributed by atoms with Crippen LogP contribution in [0, 0.1) is 12.3 Å². The van der Waals surface area contributed by atoms with E-state index in [1.807, 2.05) is 44.2 Å². The van der Waals surface area contributed by atoms with E-state index in [1.54, 1.807) is 42.7 Å². The summed E-state index contributed by atoms with van der Waals surface area (Å²) in [5.74, 6) is 1.35. The molecule has 2 aliphatic rings. The lowest BCUT2D eigenvalue weighted by molar-refractivity contribution is -0.114. The zero-order valence-corrected chi connectivity index (χ0v) is 21.7. The number of hydrogen-bond acceptors (Lipinski definition) is 8. The van der Waals surface area contributed by atoms with Crippen molar-refractivity contribution in [2.24, 2.45) is 10.1 Å². The van der Waals surface area contributed by atoms with E-state index >= 15 is 0 Å². The van der Waals surface area contributed by atoms with Gasteiger partial charge >= 0.3 is 0 Å². The number of benzene rings is 2. The number of rotatable bonds is 9. The molecule has 0 saturated heterocycles. The maximum Gasteiger partial charge on any atom is 0.283 e. The summed E-state index contributed by atoms with van der Waals surface area (Å²) in [5, 5.41) is 15.5. The van der Waals surface area contributed by atoms with Gasteiger partial charge in [-0.05, 0) is 79.2 Å². The van der Waals surface area contributed by atoms with Crippen molar-refractivity contribution in [2.75, 3.05) is 19.8 Å². The van der Waals surface area contributed by atoms with Crippen molar-refractivity contribution in [3.05, 3.63) is 89.3 Å². The first kappa shape index (κ1) is 25.2. The van der Waals surface area contributed by atoms with Gasteiger partial charge in [-0.25, -0.2) is 0 Å². The first-order valence-corrected chi connectivity index (χ1v) is 12.8. The Morgan fingerprint density at radius 3 is 2.68 bits per heavy atom. The summed E-state index contributed by atoms with van der Waals surface area (Å²) in [7, 11) is 0. The van der Waals surface area contributed by atoms with Crippen LogP contribution < -0.4 is 14.2 Å². The van der Waals surface area contributed by atoms with Gasteiger partial charge in [0.05, 0.1) is 12.2 Å². The van der Waals surface area contributed by atoms with Gasteiger partial charge in [0.25, 0.3) is 5.91 Å². The molecule has 38 heavy (non-hydrogen) atoms. The molecule has 0 fully saturated rings. The molecule has 0 aliphatic carbocycles. The van der Waals surface area contributed by atoms with E-state index in [0.717, 1.165) is 16.9 Å². The minimum Gasteiger partial charge on any atom is -0.490 e. The summed E-state index contributed by atoms with van der Waals surface area (Å²) in [6.45, 7) is 5.05. The van der Waals surface area contributed by atoms with Gasteiger partial charge in [-0.15, -0.1) is 0 Å². The molecule has 3 aromatic rings. The topological polar surface area (TPSA) is 109 Å². The van der Waals surface area contributed by atoms with Gasteiger partial charge in [-0.3, -0.25) is 15.2 Å². The minimum atomic E-state index is -0.497. The number of amides is 1. The second-order valence-electron chi connectivity index (χ2n) is 8.32. The Morgan fingerprint density at radius 2 is 1.89 bits per heavy atom. The summed E-state index contributed by atoms with van der Waals surface area (Å²) < 4.78 is 17.4. The number of aryl methyl sites for hydroxylation is 1. The van der Waals surface area contributed by atoms with Gasteiger partial charge in [0, 0.05) is 18.0 Å². The molecule has 192 valence electrons. The second kappa shape index (κ2) is 11.3. The van der Waals surface area contributed by atoms with Crippen LogP contribution in [0.25, 0.3) is 6.08 Å². The number of pyridine rings is 1. The second-order valence-corrected chi connectivity index (χ2v) is 9.28. The highest BCUT2D eigenvalue weighted by Gasteiger charge is 2.36. The number of fused-ring (bicyclic) bond motifs is 1. The van der Waals surface area contributed by atoms with Gasteiger partial charge in [0.2, 0.25) is 5.17 Å². The van der Waals surface area contributed by atoms with Crippen LogP contribution >= 0.6 is 11.8 Å². The molecule has 0 atom stereocenters. The molecule has 5 rings (SSSR count). The van der Waals surface area contributed by atoms with Gasteiger partial charge in [0.15, 0.2) is 17.3 Å². The Hall–Kier alpha value is -4.44. The van der Waals surface area contributed by atoms with Crippen molar-refractivity contribution in [1.82, 2.24) is 9.99 Å². The van der Waals surface area contributed by atoms with Gasteiger partial charge in [-0.2, -0.15) is 15.1 Å². The first-order valence-electron chi connectivity index (χ1n) is 12.0. The lowest BCUT2D eigenvalue weighted by Gasteiger charge is -2.20. The van der Waals surface area contributed by atoms with Crippen molar-refractivity contribution in [3.63, 3.8) is 0 Å². The average molecular weight is 528 g/mol. The highest BCUT2D eigenvalue weighted by atomic mass is 32.2. The Kier molecular flexibility index (Phi) is 7.50. The Bertz CT molecular complexity index is 1470. The molecule has 1 amide bonds. The molecule has 1 aromatic heterocycles. The molecule has 0 unspecified atom stereocenters. The van der Waals surface area contributed by atoms with E-state index in [9.17, 15) is 4.79 Å². The van der Waals surface area contributed by atoms with Crippen LogP contribution in [0.2, 0.25) is 0 Å². The van der Waals surface area contributed by atoms with E-state index in [1.165, 1.54) is 16.8 Å². The molecular weight excluding hydrogens is 502 g/mol. The van der Waals surface area contributed by atoms with E-state index in [0.29, 0.717) is 47.1 Å². The SMILES string of the molecule is CCOc1cc(/C=C2/C(=N)N3N=C(c4cccnc4)SC3=NC2=O)ccc1OCCOc1cccc(C)c1. The molecule has 1 N–H and O–H groups in total. The fourth-order valence-electron chi connectivity index (χ4n) is 3.78. The van der Waals surface area contributed by atoms with E-state index in [4.69, 9.17) is 19.6 Å². The number of hydrogen-bond donors (Lipinski definition) is 1. The van der Waals surface area contributed by atoms with Crippen LogP contribution in [0.15, 0.2) is 82.7 Å². The van der Waals surface area contributed by atoms with Crippen molar-refractivity contribution < 1.29 is 19.0 Å². The smallest absolute Gasteiger partial charge is 0.283 e. The zero-order valence-electron chi connectivity index (χ0n) is 20.9. The summed E-state index contributed by atoms with van der Waals surface area (Å²) in [4.78, 5) is 21.1. The predicted molar refractivity (Wildman–Crippen MR) is 148 cm³/mol. The maximum absolute atomic E-state index is 12.8. The predicted octanol–water partition coefficient (Wildman–Crippen LogP) is 4.91. The number of carbonyl (C=O) groups excluding carboxylic acids is 1. The summed E-state index contributed by atoms with van der Waals surface area (Å²) in [6.07, 6.45) is 4.97. The minimum absolute atomic E-state index is 0.0435. The summed E-state index contributed by atoms with van der Waals surface area (Å²) in [6, 6.07) is 16.9. The third-order valence-electron chi connectivity index (χ3n) is 5.54. The largest absolute Gasteiger partial charge is 0.490 e. The third kappa shape index (κ3) is 5.60. The summed E-state index contributed by atoms with van der Waals surface area (Å²) in [5.41, 5.74) is 2.73. The van der Waals surface area contributed by atoms with E-state index in [2.05, 4.69) is 15.1 Å². The standard InChI is InChI=1S/C28H25N5O4S/c1-3-35-24-16-19(9-10-23(24)37-13-12-36-21-8-4-6-18(2)14-21)15-22-25(29)33-28(31-26(22)34)38-27(32-33)20-7-5-11-30-17-20/h4-11,14-17,29H,3,12-13H2,1-2H3/b22-15-,29-25?. The fraction of sp³-hybridized carbons (Fsp3) is 0.179. The van der Waals surface area contributed by atoms with Gasteiger partial charge in [-0.1, -0.05) is 18.2 Å². The molecule has 0 spiro atoms. The van der Waals surface area contributed by atoms with Gasteiger partial charge in [0.1, 0.15) is 24.0 Å². The highest BCUT2D eigenvalue weighted by Crippen LogP contribution is 2.33. The molecule has 2 aromatic carbocycles. The highest BCUT2D eigenvalue weighted by molar-refractivity contribution is 8.27. The Labute approximate surface area is 224 Å². The molecular formula is C28H25N5O4S. The van der Waals surface area contributed by atoms with Crippen LogP contribution in [0.5, 0.6) is 17.2 Å². The van der Waals surface area contributed by atoms with Crippen molar-refractivity contribution in [3.8, 4) is 17.2 Å². The number of amidine groups is 2. The quantitative estimate of drug-likeness (QED) is 0.311. The lowest BCUT2D eigenvalue weighted by Crippen LogP contribution is -2.35. The van der Waals surface area contributed by atoms with Crippen LogP contribution in [0.3, 0.4) is 0 Å². The molecule has 10 heteroatoms. The number of aliphatic imine (C=N–C) groups is 1. The molecule has 0 radical (unpaired) electrons. The van der Waals surface area contributed by atoms with Crippen molar-refractivity contribution in [1.29, 1.82) is 5.41 Å². The van der Waals surface area contributed by atoms with E-state index in [-0.39, 0.29) is 11.4 Å². The number of aromatic nitrogens is 1. The molecule has 0 saturated carbocycles. The third-order valence-corrected chi connectivity index (χ3v) is 6.50. The average Bonchev–Trinajstić information content (AvgIpc) is 3.35. The van der Waals surface area contributed by atoms with Crippen molar-refractivity contribution in [2.45, 2.75) is 13.8 Å². The molecule has 2 aliphatic heterocycles. The maximum atomic E-state index is 12.8. The van der Waals surface area contributed by atoms with Crippen LogP contribution in [-0.2, 0) is 4.79 Å². The number of thioether (sulfide) groups is 1. The molecule has 3 heterocycles. The zero-order chi connectivity index (χ0) is 26.5. The van der Waals surface area contributed by atoms with Crippen LogP contribution in [-0.4, -0.2) is 51.8 Å². The number of carbonyl (C=O) groups is 1. The molecule has 0 bridgehead atoms. The first-order chi connectivity index (χ1) is 18.5. The van der Waals surface area contributed by atoms with Crippen molar-refractivity contribution >= 4 is 39.8 Å². The number of nitrogens with zero attached hydrogens (tertiary/aromatic N) is 4.